The van der Waals surface area contributed by atoms with E-state index in [0.29, 0.717) is 6.54 Å². The second kappa shape index (κ2) is 6.02. The molecular formula is C17H21NO3. The summed E-state index contributed by atoms with van der Waals surface area (Å²) in [6, 6.07) is 11.6. The Labute approximate surface area is 124 Å². The van der Waals surface area contributed by atoms with E-state index in [-0.39, 0.29) is 18.3 Å². The topological polar surface area (TPSA) is 63.9 Å². The summed E-state index contributed by atoms with van der Waals surface area (Å²) in [5, 5.41) is 30.8. The third-order valence-electron chi connectivity index (χ3n) is 4.33. The predicted octanol–water partition coefficient (Wildman–Crippen LogP) is 1.72. The summed E-state index contributed by atoms with van der Waals surface area (Å²) in [5.41, 5.74) is 1.20. The van der Waals surface area contributed by atoms with Crippen LogP contribution in [0.4, 0.5) is 0 Å². The molecule has 3 N–H and O–H groups in total. The Morgan fingerprint density at radius 1 is 1.10 bits per heavy atom. The lowest BCUT2D eigenvalue weighted by Gasteiger charge is -2.35. The van der Waals surface area contributed by atoms with Crippen LogP contribution in [0.15, 0.2) is 36.4 Å². The Morgan fingerprint density at radius 2 is 1.86 bits per heavy atom. The molecule has 1 saturated heterocycles. The lowest BCUT2D eigenvalue weighted by Crippen LogP contribution is -2.44. The van der Waals surface area contributed by atoms with Gasteiger partial charge in [0.1, 0.15) is 5.75 Å². The summed E-state index contributed by atoms with van der Waals surface area (Å²) >= 11 is 0. The van der Waals surface area contributed by atoms with Gasteiger partial charge in [0.15, 0.2) is 0 Å². The third-order valence-corrected chi connectivity index (χ3v) is 4.33. The predicted molar refractivity (Wildman–Crippen MR) is 82.1 cm³/mol. The highest BCUT2D eigenvalue weighted by molar-refractivity contribution is 5.84. The number of nitrogens with zero attached hydrogens (tertiary/aromatic N) is 1. The van der Waals surface area contributed by atoms with Gasteiger partial charge < -0.3 is 15.3 Å². The van der Waals surface area contributed by atoms with Crippen molar-refractivity contribution in [2.24, 2.45) is 5.92 Å². The minimum atomic E-state index is -0.443. The van der Waals surface area contributed by atoms with E-state index in [1.165, 1.54) is 5.56 Å². The van der Waals surface area contributed by atoms with Crippen LogP contribution in [0.25, 0.3) is 10.8 Å². The van der Waals surface area contributed by atoms with Gasteiger partial charge in [-0.1, -0.05) is 18.2 Å². The van der Waals surface area contributed by atoms with Gasteiger partial charge >= 0.3 is 0 Å². The summed E-state index contributed by atoms with van der Waals surface area (Å²) in [6.45, 7) is 2.37. The van der Waals surface area contributed by atoms with E-state index in [0.717, 1.165) is 30.3 Å². The first-order valence-electron chi connectivity index (χ1n) is 7.38. The van der Waals surface area contributed by atoms with Gasteiger partial charge in [0, 0.05) is 25.6 Å². The molecule has 112 valence electrons. The average Bonchev–Trinajstić information content (AvgIpc) is 2.48. The maximum Gasteiger partial charge on any atom is 0.116 e. The highest BCUT2D eigenvalue weighted by atomic mass is 16.3. The highest BCUT2D eigenvalue weighted by Crippen LogP contribution is 2.23. The van der Waals surface area contributed by atoms with Crippen LogP contribution in [0, 0.1) is 5.92 Å². The monoisotopic (exact) mass is 287 g/mol. The maximum atomic E-state index is 9.99. The number of piperidine rings is 1. The molecule has 0 amide bonds. The summed E-state index contributed by atoms with van der Waals surface area (Å²) in [5.74, 6) is 0.297. The van der Waals surface area contributed by atoms with Crippen molar-refractivity contribution >= 4 is 10.8 Å². The Bertz CT molecular complexity index is 628. The van der Waals surface area contributed by atoms with Crippen LogP contribution in [-0.2, 0) is 6.54 Å². The zero-order valence-corrected chi connectivity index (χ0v) is 11.9. The molecule has 0 radical (unpaired) electrons. The molecule has 4 nitrogen and oxygen atoms in total. The minimum absolute atomic E-state index is 0.0147. The number of rotatable bonds is 3. The molecule has 2 aromatic rings. The molecule has 21 heavy (non-hydrogen) atoms. The van der Waals surface area contributed by atoms with Crippen LogP contribution < -0.4 is 0 Å². The molecule has 0 aromatic heterocycles. The van der Waals surface area contributed by atoms with E-state index in [9.17, 15) is 15.3 Å². The first-order chi connectivity index (χ1) is 10.2. The molecule has 0 bridgehead atoms. The number of hydrogen-bond donors (Lipinski definition) is 3. The molecule has 1 aliphatic heterocycles. The van der Waals surface area contributed by atoms with Gasteiger partial charge in [-0.2, -0.15) is 0 Å². The maximum absolute atomic E-state index is 9.99. The molecule has 1 heterocycles. The average molecular weight is 287 g/mol. The number of aliphatic hydroxyl groups is 2. The number of hydrogen-bond acceptors (Lipinski definition) is 4. The lowest BCUT2D eigenvalue weighted by molar-refractivity contribution is -0.00442. The number of likely N-dealkylation sites (tertiary alicyclic amines) is 1. The number of aromatic hydroxyl groups is 1. The number of benzene rings is 2. The molecule has 0 spiro atoms. The van der Waals surface area contributed by atoms with Crippen molar-refractivity contribution < 1.29 is 15.3 Å². The van der Waals surface area contributed by atoms with E-state index < -0.39 is 6.10 Å². The van der Waals surface area contributed by atoms with Crippen LogP contribution in [-0.4, -0.2) is 46.0 Å². The summed E-state index contributed by atoms with van der Waals surface area (Å²) in [7, 11) is 0. The molecular weight excluding hydrogens is 266 g/mol. The molecule has 1 aliphatic rings. The second-order valence-corrected chi connectivity index (χ2v) is 5.90. The Kier molecular flexibility index (Phi) is 4.10. The Morgan fingerprint density at radius 3 is 2.62 bits per heavy atom. The zero-order valence-electron chi connectivity index (χ0n) is 11.9. The molecule has 4 heteroatoms. The van der Waals surface area contributed by atoms with Gasteiger partial charge in [0.05, 0.1) is 6.10 Å². The van der Waals surface area contributed by atoms with Crippen LogP contribution in [0.2, 0.25) is 0 Å². The van der Waals surface area contributed by atoms with Crippen LogP contribution in [0.1, 0.15) is 12.0 Å². The molecule has 1 fully saturated rings. The summed E-state index contributed by atoms with van der Waals surface area (Å²) < 4.78 is 0. The number of fused-ring (bicyclic) bond motifs is 1. The van der Waals surface area contributed by atoms with Gasteiger partial charge in [0.25, 0.3) is 0 Å². The van der Waals surface area contributed by atoms with Crippen molar-refractivity contribution in [3.63, 3.8) is 0 Å². The van der Waals surface area contributed by atoms with E-state index in [4.69, 9.17) is 0 Å². The fourth-order valence-corrected chi connectivity index (χ4v) is 3.04. The fraction of sp³-hybridized carbons (Fsp3) is 0.412. The first kappa shape index (κ1) is 14.3. The zero-order chi connectivity index (χ0) is 14.8. The van der Waals surface area contributed by atoms with Crippen molar-refractivity contribution in [2.45, 2.75) is 19.1 Å². The molecule has 0 unspecified atom stereocenters. The summed E-state index contributed by atoms with van der Waals surface area (Å²) in [6.07, 6.45) is 0.389. The molecule has 2 aromatic carbocycles. The SMILES string of the molecule is OC[C@H]1CCN(Cc2ccc3cc(O)ccc3c2)C[C@@H]1O. The smallest absolute Gasteiger partial charge is 0.116 e. The standard InChI is InChI=1S/C17H21NO3/c19-11-15-5-6-18(10-17(15)21)9-12-1-2-14-8-16(20)4-3-13(14)7-12/h1-4,7-8,15,17,19-21H,5-6,9-11H2/t15-,17+/m1/s1. The molecule has 2 atom stereocenters. The van der Waals surface area contributed by atoms with Gasteiger partial charge in [-0.3, -0.25) is 4.90 Å². The summed E-state index contributed by atoms with van der Waals surface area (Å²) in [4.78, 5) is 2.22. The van der Waals surface area contributed by atoms with Gasteiger partial charge in [-0.25, -0.2) is 0 Å². The first-order valence-corrected chi connectivity index (χ1v) is 7.38. The van der Waals surface area contributed by atoms with E-state index in [1.807, 2.05) is 12.1 Å². The molecule has 3 rings (SSSR count). The van der Waals surface area contributed by atoms with E-state index in [2.05, 4.69) is 17.0 Å². The number of phenols is 1. The molecule has 0 saturated carbocycles. The van der Waals surface area contributed by atoms with Crippen LogP contribution in [0.3, 0.4) is 0 Å². The largest absolute Gasteiger partial charge is 0.508 e. The van der Waals surface area contributed by atoms with Crippen LogP contribution in [0.5, 0.6) is 5.75 Å². The van der Waals surface area contributed by atoms with Crippen molar-refractivity contribution in [2.75, 3.05) is 19.7 Å². The van der Waals surface area contributed by atoms with Crippen molar-refractivity contribution in [3.8, 4) is 5.75 Å². The number of β-amino-alcohol motifs (C(OH)–C–C–N with tert-alkyl or cyclic N) is 1. The second-order valence-electron chi connectivity index (χ2n) is 5.90. The molecule has 0 aliphatic carbocycles. The van der Waals surface area contributed by atoms with Gasteiger partial charge in [0.2, 0.25) is 0 Å². The lowest BCUT2D eigenvalue weighted by atomic mass is 9.94. The quantitative estimate of drug-likeness (QED) is 0.804. The van der Waals surface area contributed by atoms with Crippen LogP contribution >= 0.6 is 0 Å². The van der Waals surface area contributed by atoms with Crippen molar-refractivity contribution in [3.05, 3.63) is 42.0 Å². The van der Waals surface area contributed by atoms with E-state index in [1.54, 1.807) is 12.1 Å². The fourth-order valence-electron chi connectivity index (χ4n) is 3.04. The normalized spacial score (nSPS) is 23.5. The Hall–Kier alpha value is -1.62. The number of aliphatic hydroxyl groups excluding tert-OH is 2. The highest BCUT2D eigenvalue weighted by Gasteiger charge is 2.26. The van der Waals surface area contributed by atoms with Gasteiger partial charge in [-0.05, 0) is 47.5 Å². The Balaban J connectivity index is 1.72. The van der Waals surface area contributed by atoms with Crippen molar-refractivity contribution in [1.29, 1.82) is 0 Å². The van der Waals surface area contributed by atoms with Gasteiger partial charge in [-0.15, -0.1) is 0 Å². The van der Waals surface area contributed by atoms with Crippen molar-refractivity contribution in [1.82, 2.24) is 4.90 Å². The van der Waals surface area contributed by atoms with E-state index >= 15 is 0 Å². The minimum Gasteiger partial charge on any atom is -0.508 e. The third kappa shape index (κ3) is 3.18. The number of phenolic OH excluding ortho intramolecular Hbond substituents is 1.